The van der Waals surface area contributed by atoms with Crippen molar-refractivity contribution in [3.63, 3.8) is 0 Å². The number of carbonyl (C=O) groups excluding carboxylic acids is 1. The first-order chi connectivity index (χ1) is 8.81. The van der Waals surface area contributed by atoms with E-state index in [1.54, 1.807) is 7.05 Å². The number of hydrogen-bond acceptors (Lipinski definition) is 3. The second kappa shape index (κ2) is 7.10. The summed E-state index contributed by atoms with van der Waals surface area (Å²) in [5, 5.41) is 6.28. The Morgan fingerprint density at radius 2 is 2.22 bits per heavy atom. The van der Waals surface area contributed by atoms with Gasteiger partial charge in [0.2, 0.25) is 5.91 Å². The SMILES string of the molecule is CNC(=O)C1CCCCN1CCC1CCCNC1. The number of likely N-dealkylation sites (tertiary alicyclic amines) is 1. The van der Waals surface area contributed by atoms with E-state index in [9.17, 15) is 4.79 Å². The Bertz CT molecular complexity index is 264. The van der Waals surface area contributed by atoms with Crippen LogP contribution in [-0.4, -0.2) is 50.1 Å². The summed E-state index contributed by atoms with van der Waals surface area (Å²) in [5.74, 6) is 1.02. The summed E-state index contributed by atoms with van der Waals surface area (Å²) in [6.45, 7) is 4.53. The lowest BCUT2D eigenvalue weighted by atomic mass is 9.94. The van der Waals surface area contributed by atoms with Crippen LogP contribution in [0.4, 0.5) is 0 Å². The molecule has 0 aliphatic carbocycles. The van der Waals surface area contributed by atoms with Crippen LogP contribution in [0.2, 0.25) is 0 Å². The molecule has 2 rings (SSSR count). The average molecular weight is 253 g/mol. The van der Waals surface area contributed by atoms with Crippen LogP contribution in [0.3, 0.4) is 0 Å². The number of rotatable bonds is 4. The van der Waals surface area contributed by atoms with Gasteiger partial charge < -0.3 is 10.6 Å². The number of likely N-dealkylation sites (N-methyl/N-ethyl adjacent to an activating group) is 1. The highest BCUT2D eigenvalue weighted by Crippen LogP contribution is 2.20. The van der Waals surface area contributed by atoms with E-state index < -0.39 is 0 Å². The zero-order valence-corrected chi connectivity index (χ0v) is 11.6. The van der Waals surface area contributed by atoms with Gasteiger partial charge in [0, 0.05) is 7.05 Å². The Hall–Kier alpha value is -0.610. The van der Waals surface area contributed by atoms with Crippen LogP contribution in [0.5, 0.6) is 0 Å². The van der Waals surface area contributed by atoms with Gasteiger partial charge >= 0.3 is 0 Å². The van der Waals surface area contributed by atoms with Crippen LogP contribution in [0.15, 0.2) is 0 Å². The maximum atomic E-state index is 11.9. The molecule has 2 heterocycles. The highest BCUT2D eigenvalue weighted by molar-refractivity contribution is 5.81. The Balaban J connectivity index is 1.79. The summed E-state index contributed by atoms with van der Waals surface area (Å²) in [7, 11) is 1.75. The van der Waals surface area contributed by atoms with Crippen molar-refractivity contribution in [2.24, 2.45) is 5.92 Å². The molecule has 0 radical (unpaired) electrons. The first-order valence-electron chi connectivity index (χ1n) is 7.47. The largest absolute Gasteiger partial charge is 0.358 e. The van der Waals surface area contributed by atoms with Crippen LogP contribution in [0, 0.1) is 5.92 Å². The lowest BCUT2D eigenvalue weighted by molar-refractivity contribution is -0.127. The molecule has 0 aromatic carbocycles. The molecule has 0 saturated carbocycles. The molecule has 18 heavy (non-hydrogen) atoms. The van der Waals surface area contributed by atoms with Crippen molar-refractivity contribution in [2.45, 2.75) is 44.6 Å². The van der Waals surface area contributed by atoms with Crippen molar-refractivity contribution in [1.29, 1.82) is 0 Å². The third-order valence-corrected chi connectivity index (χ3v) is 4.39. The molecule has 104 valence electrons. The van der Waals surface area contributed by atoms with E-state index in [0.29, 0.717) is 0 Å². The number of hydrogen-bond donors (Lipinski definition) is 2. The smallest absolute Gasteiger partial charge is 0.237 e. The highest BCUT2D eigenvalue weighted by Gasteiger charge is 2.28. The Labute approximate surface area is 110 Å². The molecule has 1 amide bonds. The summed E-state index contributed by atoms with van der Waals surface area (Å²) in [5.41, 5.74) is 0. The molecule has 2 fully saturated rings. The molecule has 2 aliphatic rings. The summed E-state index contributed by atoms with van der Waals surface area (Å²) in [6.07, 6.45) is 7.37. The normalized spacial score (nSPS) is 30.1. The molecular formula is C14H27N3O. The standard InChI is InChI=1S/C14H27N3O/c1-15-14(18)13-6-2-3-9-17(13)10-7-12-5-4-8-16-11-12/h12-13,16H,2-11H2,1H3,(H,15,18). The zero-order chi connectivity index (χ0) is 12.8. The van der Waals surface area contributed by atoms with Gasteiger partial charge in [0.05, 0.1) is 6.04 Å². The van der Waals surface area contributed by atoms with E-state index >= 15 is 0 Å². The van der Waals surface area contributed by atoms with E-state index in [1.165, 1.54) is 45.2 Å². The molecule has 2 N–H and O–H groups in total. The van der Waals surface area contributed by atoms with Crippen molar-refractivity contribution < 1.29 is 4.79 Å². The first kappa shape index (κ1) is 13.8. The van der Waals surface area contributed by atoms with Gasteiger partial charge in [0.25, 0.3) is 0 Å². The third-order valence-electron chi connectivity index (χ3n) is 4.39. The van der Waals surface area contributed by atoms with E-state index in [1.807, 2.05) is 0 Å². The van der Waals surface area contributed by atoms with E-state index in [4.69, 9.17) is 0 Å². The van der Waals surface area contributed by atoms with Crippen LogP contribution in [0.25, 0.3) is 0 Å². The van der Waals surface area contributed by atoms with Crippen LogP contribution >= 0.6 is 0 Å². The average Bonchev–Trinajstić information content (AvgIpc) is 2.45. The second-order valence-electron chi connectivity index (χ2n) is 5.66. The molecule has 4 nitrogen and oxygen atoms in total. The highest BCUT2D eigenvalue weighted by atomic mass is 16.2. The number of nitrogens with one attached hydrogen (secondary N) is 2. The summed E-state index contributed by atoms with van der Waals surface area (Å²) in [4.78, 5) is 14.3. The topological polar surface area (TPSA) is 44.4 Å². The summed E-state index contributed by atoms with van der Waals surface area (Å²) >= 11 is 0. The minimum absolute atomic E-state index is 0.125. The predicted molar refractivity (Wildman–Crippen MR) is 73.5 cm³/mol. The third kappa shape index (κ3) is 3.69. The Morgan fingerprint density at radius 3 is 2.94 bits per heavy atom. The number of nitrogens with zero attached hydrogens (tertiary/aromatic N) is 1. The quantitative estimate of drug-likeness (QED) is 0.785. The summed E-state index contributed by atoms with van der Waals surface area (Å²) < 4.78 is 0. The zero-order valence-electron chi connectivity index (χ0n) is 11.6. The van der Waals surface area contributed by atoms with E-state index in [0.717, 1.165) is 25.4 Å². The minimum Gasteiger partial charge on any atom is -0.358 e. The molecule has 4 heteroatoms. The van der Waals surface area contributed by atoms with Crippen LogP contribution < -0.4 is 10.6 Å². The summed E-state index contributed by atoms with van der Waals surface area (Å²) in [6, 6.07) is 0.125. The van der Waals surface area contributed by atoms with Gasteiger partial charge in [-0.1, -0.05) is 6.42 Å². The van der Waals surface area contributed by atoms with Crippen LogP contribution in [-0.2, 0) is 4.79 Å². The van der Waals surface area contributed by atoms with Gasteiger partial charge in [0.1, 0.15) is 0 Å². The fraction of sp³-hybridized carbons (Fsp3) is 0.929. The second-order valence-corrected chi connectivity index (χ2v) is 5.66. The molecule has 0 aromatic rings. The van der Waals surface area contributed by atoms with Gasteiger partial charge in [-0.2, -0.15) is 0 Å². The van der Waals surface area contributed by atoms with Crippen molar-refractivity contribution in [3.05, 3.63) is 0 Å². The fourth-order valence-electron chi connectivity index (χ4n) is 3.24. The number of carbonyl (C=O) groups is 1. The van der Waals surface area contributed by atoms with Crippen molar-refractivity contribution in [3.8, 4) is 0 Å². The maximum absolute atomic E-state index is 11.9. The van der Waals surface area contributed by atoms with Gasteiger partial charge in [-0.15, -0.1) is 0 Å². The molecule has 0 aromatic heterocycles. The Kier molecular flexibility index (Phi) is 5.45. The monoisotopic (exact) mass is 253 g/mol. The van der Waals surface area contributed by atoms with E-state index in [2.05, 4.69) is 15.5 Å². The van der Waals surface area contributed by atoms with Crippen molar-refractivity contribution >= 4 is 5.91 Å². The number of amides is 1. The molecule has 0 spiro atoms. The first-order valence-corrected chi connectivity index (χ1v) is 7.47. The molecular weight excluding hydrogens is 226 g/mol. The lowest BCUT2D eigenvalue weighted by Crippen LogP contribution is -2.49. The Morgan fingerprint density at radius 1 is 1.33 bits per heavy atom. The van der Waals surface area contributed by atoms with Gasteiger partial charge in [0.15, 0.2) is 0 Å². The van der Waals surface area contributed by atoms with E-state index in [-0.39, 0.29) is 11.9 Å². The predicted octanol–water partition coefficient (Wildman–Crippen LogP) is 0.977. The van der Waals surface area contributed by atoms with Crippen molar-refractivity contribution in [1.82, 2.24) is 15.5 Å². The van der Waals surface area contributed by atoms with Crippen molar-refractivity contribution in [2.75, 3.05) is 33.2 Å². The fourth-order valence-corrected chi connectivity index (χ4v) is 3.24. The van der Waals surface area contributed by atoms with Gasteiger partial charge in [-0.25, -0.2) is 0 Å². The molecule has 2 atom stereocenters. The minimum atomic E-state index is 0.125. The molecule has 2 unspecified atom stereocenters. The molecule has 0 bridgehead atoms. The number of piperidine rings is 2. The van der Waals surface area contributed by atoms with Crippen LogP contribution in [0.1, 0.15) is 38.5 Å². The molecule has 2 aliphatic heterocycles. The van der Waals surface area contributed by atoms with Gasteiger partial charge in [-0.05, 0) is 64.2 Å². The van der Waals surface area contributed by atoms with Gasteiger partial charge in [-0.3, -0.25) is 9.69 Å². The molecule has 2 saturated heterocycles. The maximum Gasteiger partial charge on any atom is 0.237 e. The lowest BCUT2D eigenvalue weighted by Gasteiger charge is -2.35.